The van der Waals surface area contributed by atoms with Crippen molar-refractivity contribution in [3.8, 4) is 17.4 Å². The van der Waals surface area contributed by atoms with E-state index in [0.29, 0.717) is 22.1 Å². The zero-order valence-corrected chi connectivity index (χ0v) is 20.1. The number of H-pyrrole nitrogens is 1. The Morgan fingerprint density at radius 2 is 1.82 bits per heavy atom. The first-order valence-electron chi connectivity index (χ1n) is 11.8. The van der Waals surface area contributed by atoms with Gasteiger partial charge in [-0.25, -0.2) is 0 Å². The summed E-state index contributed by atoms with van der Waals surface area (Å²) >= 11 is 12.4. The van der Waals surface area contributed by atoms with Crippen molar-refractivity contribution >= 4 is 34.7 Å². The number of imidazole rings is 1. The largest absolute Gasteiger partial charge is 0.493 e. The summed E-state index contributed by atoms with van der Waals surface area (Å²) in [6.07, 6.45) is 6.26. The molecule has 0 radical (unpaired) electrons. The first-order chi connectivity index (χ1) is 16.6. The normalized spacial score (nSPS) is 19.4. The lowest BCUT2D eigenvalue weighted by Crippen LogP contribution is -2.22. The Balaban J connectivity index is 1.49. The fourth-order valence-electron chi connectivity index (χ4n) is 6.03. The van der Waals surface area contributed by atoms with Crippen molar-refractivity contribution in [3.05, 3.63) is 68.7 Å². The maximum Gasteiger partial charge on any atom is 0.231 e. The number of nitrogens with one attached hydrogen (secondary N) is 1. The van der Waals surface area contributed by atoms with E-state index in [1.54, 1.807) is 0 Å². The Kier molecular flexibility index (Phi) is 4.55. The fraction of sp³-hybridized carbons (Fsp3) is 0.346. The summed E-state index contributed by atoms with van der Waals surface area (Å²) in [5.41, 5.74) is 5.12. The number of benzene rings is 2. The maximum atomic E-state index is 11.5. The van der Waals surface area contributed by atoms with Crippen LogP contribution in [0.2, 0.25) is 5.02 Å². The molecule has 1 aliphatic carbocycles. The summed E-state index contributed by atoms with van der Waals surface area (Å²) in [5.74, 6) is 1.77. The molecule has 1 fully saturated rings. The number of rotatable bonds is 2. The van der Waals surface area contributed by atoms with Crippen LogP contribution in [0.5, 0.6) is 17.4 Å². The average molecular weight is 494 g/mol. The van der Waals surface area contributed by atoms with Crippen LogP contribution in [0.4, 0.5) is 0 Å². The molecule has 1 saturated carbocycles. The Hall–Kier alpha value is -2.90. The van der Waals surface area contributed by atoms with Gasteiger partial charge in [-0.05, 0) is 66.5 Å². The van der Waals surface area contributed by atoms with Crippen molar-refractivity contribution in [2.75, 3.05) is 6.79 Å². The molecule has 0 saturated heterocycles. The van der Waals surface area contributed by atoms with Gasteiger partial charge in [0.15, 0.2) is 16.3 Å². The molecule has 3 aliphatic rings. The highest BCUT2D eigenvalue weighted by Gasteiger charge is 2.36. The molecule has 1 unspecified atom stereocenters. The second-order valence-electron chi connectivity index (χ2n) is 9.48. The van der Waals surface area contributed by atoms with Crippen LogP contribution in [0.15, 0.2) is 36.4 Å². The van der Waals surface area contributed by atoms with E-state index in [-0.39, 0.29) is 18.9 Å². The molecule has 0 spiro atoms. The number of hydrogen-bond acceptors (Lipinski definition) is 4. The Labute approximate surface area is 206 Å². The van der Waals surface area contributed by atoms with Crippen molar-refractivity contribution in [2.24, 2.45) is 0 Å². The molecule has 7 rings (SSSR count). The number of ether oxygens (including phenoxy) is 2. The molecule has 2 aromatic carbocycles. The lowest BCUT2D eigenvalue weighted by atomic mass is 9.92. The van der Waals surface area contributed by atoms with Crippen LogP contribution in [0.25, 0.3) is 10.9 Å². The van der Waals surface area contributed by atoms with Gasteiger partial charge < -0.3 is 24.1 Å². The number of aromatic hydroxyl groups is 1. The standard InChI is InChI=1S/C26H24ClN3O3S/c27-15-7-8-19-17(11-15)18-12-20-25(31)29(16-4-2-1-3-5-16)26(34)30(20)24(23(18)28-19)14-6-9-21-22(10-14)33-13-32-21/h6-11,16,24,28,31H,1-5,12-13H2. The van der Waals surface area contributed by atoms with E-state index in [9.17, 15) is 5.11 Å². The first-order valence-corrected chi connectivity index (χ1v) is 12.6. The van der Waals surface area contributed by atoms with E-state index in [1.807, 2.05) is 34.9 Å². The molecule has 0 amide bonds. The summed E-state index contributed by atoms with van der Waals surface area (Å²) in [5, 5.41) is 13.3. The van der Waals surface area contributed by atoms with Crippen LogP contribution in [0, 0.1) is 4.77 Å². The van der Waals surface area contributed by atoms with E-state index >= 15 is 0 Å². The van der Waals surface area contributed by atoms with Gasteiger partial charge in [0.1, 0.15) is 6.04 Å². The van der Waals surface area contributed by atoms with Crippen LogP contribution in [0.1, 0.15) is 66.7 Å². The van der Waals surface area contributed by atoms with Crippen molar-refractivity contribution in [1.82, 2.24) is 14.1 Å². The molecule has 34 heavy (non-hydrogen) atoms. The molecular formula is C26H24ClN3O3S. The molecule has 1 atom stereocenters. The predicted molar refractivity (Wildman–Crippen MR) is 133 cm³/mol. The van der Waals surface area contributed by atoms with Gasteiger partial charge in [0.2, 0.25) is 12.7 Å². The van der Waals surface area contributed by atoms with E-state index in [0.717, 1.165) is 57.8 Å². The van der Waals surface area contributed by atoms with Crippen LogP contribution in [0.3, 0.4) is 0 Å². The minimum absolute atomic E-state index is 0.220. The van der Waals surface area contributed by atoms with E-state index in [4.69, 9.17) is 33.3 Å². The van der Waals surface area contributed by atoms with Gasteiger partial charge in [0.05, 0.1) is 5.69 Å². The van der Waals surface area contributed by atoms with Crippen molar-refractivity contribution in [1.29, 1.82) is 0 Å². The summed E-state index contributed by atoms with van der Waals surface area (Å²) in [6, 6.07) is 12.0. The lowest BCUT2D eigenvalue weighted by molar-refractivity contribution is 0.174. The third-order valence-electron chi connectivity index (χ3n) is 7.62. The SMILES string of the molecule is Oc1c2n(c(=S)n1C1CCCCC1)C(c1ccc3c(c1)OCO3)c1[nH]c3ccc(Cl)cc3c1C2. The lowest BCUT2D eigenvalue weighted by Gasteiger charge is -2.27. The van der Waals surface area contributed by atoms with Crippen molar-refractivity contribution in [2.45, 2.75) is 50.6 Å². The smallest absolute Gasteiger partial charge is 0.231 e. The molecule has 8 heteroatoms. The minimum Gasteiger partial charge on any atom is -0.493 e. The molecular weight excluding hydrogens is 470 g/mol. The predicted octanol–water partition coefficient (Wildman–Crippen LogP) is 6.64. The van der Waals surface area contributed by atoms with Gasteiger partial charge in [-0.1, -0.05) is 36.9 Å². The van der Waals surface area contributed by atoms with Gasteiger partial charge in [-0.3, -0.25) is 4.57 Å². The Morgan fingerprint density at radius 3 is 2.68 bits per heavy atom. The van der Waals surface area contributed by atoms with Crippen LogP contribution < -0.4 is 9.47 Å². The number of aromatic amines is 1. The zero-order chi connectivity index (χ0) is 23.0. The van der Waals surface area contributed by atoms with Gasteiger partial charge in [-0.15, -0.1) is 0 Å². The van der Waals surface area contributed by atoms with Crippen molar-refractivity contribution in [3.63, 3.8) is 0 Å². The monoisotopic (exact) mass is 493 g/mol. The van der Waals surface area contributed by atoms with Gasteiger partial charge in [0, 0.05) is 34.1 Å². The molecule has 2 aromatic heterocycles. The first kappa shape index (κ1) is 20.5. The molecule has 0 bridgehead atoms. The second kappa shape index (κ2) is 7.55. The second-order valence-corrected chi connectivity index (χ2v) is 10.3. The van der Waals surface area contributed by atoms with Crippen molar-refractivity contribution < 1.29 is 14.6 Å². The molecule has 2 N–H and O–H groups in total. The third kappa shape index (κ3) is 2.89. The van der Waals surface area contributed by atoms with E-state index in [1.165, 1.54) is 19.3 Å². The average Bonchev–Trinajstić information content (AvgIpc) is 3.53. The molecule has 4 heterocycles. The number of halogens is 1. The highest BCUT2D eigenvalue weighted by molar-refractivity contribution is 7.71. The number of aromatic nitrogens is 3. The Morgan fingerprint density at radius 1 is 1.00 bits per heavy atom. The number of fused-ring (bicyclic) bond motifs is 5. The topological polar surface area (TPSA) is 64.3 Å². The van der Waals surface area contributed by atoms with Crippen LogP contribution in [-0.4, -0.2) is 26.0 Å². The summed E-state index contributed by atoms with van der Waals surface area (Å²) in [6.45, 7) is 0.225. The quantitative estimate of drug-likeness (QED) is 0.271. The van der Waals surface area contributed by atoms with Crippen LogP contribution in [-0.2, 0) is 6.42 Å². The maximum absolute atomic E-state index is 11.5. The summed E-state index contributed by atoms with van der Waals surface area (Å²) in [4.78, 5) is 3.65. The molecule has 174 valence electrons. The molecule has 6 nitrogen and oxygen atoms in total. The fourth-order valence-corrected chi connectivity index (χ4v) is 6.65. The Bertz CT molecular complexity index is 1510. The highest BCUT2D eigenvalue weighted by atomic mass is 35.5. The summed E-state index contributed by atoms with van der Waals surface area (Å²) < 4.78 is 16.1. The number of nitrogens with zero attached hydrogens (tertiary/aromatic N) is 2. The van der Waals surface area contributed by atoms with Gasteiger partial charge in [-0.2, -0.15) is 0 Å². The zero-order valence-electron chi connectivity index (χ0n) is 18.5. The third-order valence-corrected chi connectivity index (χ3v) is 8.25. The van der Waals surface area contributed by atoms with E-state index in [2.05, 4.69) is 15.6 Å². The van der Waals surface area contributed by atoms with Crippen LogP contribution >= 0.6 is 23.8 Å². The highest BCUT2D eigenvalue weighted by Crippen LogP contribution is 2.46. The minimum atomic E-state index is -0.220. The number of hydrogen-bond donors (Lipinski definition) is 2. The van der Waals surface area contributed by atoms with E-state index < -0.39 is 0 Å². The molecule has 2 aliphatic heterocycles. The molecule has 4 aromatic rings. The summed E-state index contributed by atoms with van der Waals surface area (Å²) in [7, 11) is 0. The van der Waals surface area contributed by atoms with Gasteiger partial charge in [0.25, 0.3) is 0 Å². The van der Waals surface area contributed by atoms with Gasteiger partial charge >= 0.3 is 0 Å².